The molecule has 1 fully saturated rings. The van der Waals surface area contributed by atoms with Gasteiger partial charge in [-0.25, -0.2) is 4.98 Å². The van der Waals surface area contributed by atoms with E-state index in [0.717, 1.165) is 11.0 Å². The molecular formula is C22H20N4O4. The fourth-order valence-corrected chi connectivity index (χ4v) is 4.32. The molecular weight excluding hydrogens is 384 g/mol. The Morgan fingerprint density at radius 2 is 1.73 bits per heavy atom. The Morgan fingerprint density at radius 3 is 2.33 bits per heavy atom. The smallest absolute Gasteiger partial charge is 0.197 e. The van der Waals surface area contributed by atoms with Crippen LogP contribution in [0.1, 0.15) is 18.7 Å². The lowest BCUT2D eigenvalue weighted by Crippen LogP contribution is -2.60. The summed E-state index contributed by atoms with van der Waals surface area (Å²) in [6.07, 6.45) is 0.186. The molecule has 2 heterocycles. The van der Waals surface area contributed by atoms with Crippen LogP contribution in [0.5, 0.6) is 11.5 Å². The average molecular weight is 404 g/mol. The number of nitrogens with zero attached hydrogens (tertiary/aromatic N) is 2. The predicted molar refractivity (Wildman–Crippen MR) is 111 cm³/mol. The van der Waals surface area contributed by atoms with Crippen molar-refractivity contribution < 1.29 is 19.1 Å². The Morgan fingerprint density at radius 1 is 1.07 bits per heavy atom. The summed E-state index contributed by atoms with van der Waals surface area (Å²) in [7, 11) is 3.10. The molecule has 2 aliphatic rings. The quantitative estimate of drug-likeness (QED) is 0.687. The van der Waals surface area contributed by atoms with Crippen LogP contribution in [0.4, 0.5) is 5.69 Å². The maximum absolute atomic E-state index is 13.6. The van der Waals surface area contributed by atoms with Gasteiger partial charge in [-0.15, -0.1) is 0 Å². The third-order valence-electron chi connectivity index (χ3n) is 5.77. The van der Waals surface area contributed by atoms with E-state index in [1.54, 1.807) is 37.3 Å². The largest absolute Gasteiger partial charge is 0.497 e. The van der Waals surface area contributed by atoms with Crippen LogP contribution in [0.2, 0.25) is 0 Å². The van der Waals surface area contributed by atoms with Gasteiger partial charge in [-0.05, 0) is 12.1 Å². The van der Waals surface area contributed by atoms with Crippen molar-refractivity contribution >= 4 is 33.9 Å². The lowest BCUT2D eigenvalue weighted by molar-refractivity contribution is -0.135. The van der Waals surface area contributed by atoms with Crippen LogP contribution in [0.15, 0.2) is 48.3 Å². The summed E-state index contributed by atoms with van der Waals surface area (Å²) in [6.45, 7) is 0. The fraction of sp³-hybridized carbons (Fsp3) is 0.227. The van der Waals surface area contributed by atoms with Gasteiger partial charge in [-0.1, -0.05) is 12.1 Å². The number of rotatable bonds is 4. The molecule has 0 radical (unpaired) electrons. The number of nitrogens with one attached hydrogen (secondary N) is 1. The van der Waals surface area contributed by atoms with Gasteiger partial charge in [0.1, 0.15) is 40.0 Å². The van der Waals surface area contributed by atoms with E-state index >= 15 is 0 Å². The molecule has 2 aromatic carbocycles. The highest BCUT2D eigenvalue weighted by molar-refractivity contribution is 6.33. The van der Waals surface area contributed by atoms with Crippen molar-refractivity contribution in [1.82, 2.24) is 9.97 Å². The van der Waals surface area contributed by atoms with E-state index in [4.69, 9.17) is 15.2 Å². The Kier molecular flexibility index (Phi) is 3.86. The maximum Gasteiger partial charge on any atom is 0.197 e. The Labute approximate surface area is 172 Å². The molecule has 1 saturated carbocycles. The molecule has 0 unspecified atom stereocenters. The molecule has 0 saturated heterocycles. The molecule has 3 aromatic rings. The first-order chi connectivity index (χ1) is 14.5. The molecule has 1 aliphatic carbocycles. The van der Waals surface area contributed by atoms with E-state index in [0.29, 0.717) is 28.6 Å². The van der Waals surface area contributed by atoms with Crippen LogP contribution < -0.4 is 20.1 Å². The molecule has 0 bridgehead atoms. The number of Topliss-reactive ketones (excluding diaryl/α,β-unsaturated/α-hetero) is 2. The van der Waals surface area contributed by atoms with Gasteiger partial charge in [-0.2, -0.15) is 0 Å². The zero-order valence-corrected chi connectivity index (χ0v) is 16.6. The molecule has 0 amide bonds. The number of hydrogen-bond donors (Lipinski definition) is 2. The highest BCUT2D eigenvalue weighted by atomic mass is 16.5. The number of H-pyrrole nitrogens is 1. The molecule has 5 rings (SSSR count). The van der Waals surface area contributed by atoms with Gasteiger partial charge in [0.25, 0.3) is 0 Å². The summed E-state index contributed by atoms with van der Waals surface area (Å²) in [4.78, 5) is 35.1. The normalized spacial score (nSPS) is 17.7. The second-order valence-corrected chi connectivity index (χ2v) is 7.52. The average Bonchev–Trinajstić information content (AvgIpc) is 3.24. The summed E-state index contributed by atoms with van der Waals surface area (Å²) in [5.41, 5.74) is 7.95. The molecule has 1 aromatic heterocycles. The van der Waals surface area contributed by atoms with Gasteiger partial charge in [-0.3, -0.25) is 9.59 Å². The molecule has 1 spiro atoms. The number of hydrogen-bond acceptors (Lipinski definition) is 7. The minimum atomic E-state index is -1.05. The maximum atomic E-state index is 13.6. The molecule has 30 heavy (non-hydrogen) atoms. The van der Waals surface area contributed by atoms with Gasteiger partial charge >= 0.3 is 0 Å². The SMILES string of the molecule is COc1cc(OC)cc(N2C(N)=C(c3nc4ccccc4[nH]3)C(=O)C23CC(=O)C3)c1. The highest BCUT2D eigenvalue weighted by Gasteiger charge is 2.61. The third kappa shape index (κ3) is 2.43. The van der Waals surface area contributed by atoms with Crippen molar-refractivity contribution in [2.45, 2.75) is 18.4 Å². The van der Waals surface area contributed by atoms with Crippen molar-refractivity contribution in [2.24, 2.45) is 5.73 Å². The standard InChI is InChI=1S/C22H20N4O4/c1-29-14-7-12(8-15(9-14)30-2)26-20(23)18(19(28)22(26)10-13(27)11-22)21-24-16-5-3-4-6-17(16)25-21/h3-9H,10-11,23H2,1-2H3,(H,24,25). The fourth-order valence-electron chi connectivity index (χ4n) is 4.32. The topological polar surface area (TPSA) is 111 Å². The monoisotopic (exact) mass is 404 g/mol. The van der Waals surface area contributed by atoms with Crippen molar-refractivity contribution in [3.05, 3.63) is 54.1 Å². The van der Waals surface area contributed by atoms with Gasteiger partial charge in [0, 0.05) is 31.0 Å². The number of ether oxygens (including phenoxy) is 2. The number of nitrogens with two attached hydrogens (primary N) is 1. The van der Waals surface area contributed by atoms with E-state index in [9.17, 15) is 9.59 Å². The van der Waals surface area contributed by atoms with E-state index in [1.807, 2.05) is 24.3 Å². The lowest BCUT2D eigenvalue weighted by atomic mass is 9.71. The summed E-state index contributed by atoms with van der Waals surface area (Å²) in [5.74, 6) is 1.57. The second-order valence-electron chi connectivity index (χ2n) is 7.52. The molecule has 0 atom stereocenters. The number of ketones is 2. The second kappa shape index (κ2) is 6.35. The Hall–Kier alpha value is -3.81. The molecule has 3 N–H and O–H groups in total. The zero-order chi connectivity index (χ0) is 21.0. The number of fused-ring (bicyclic) bond motifs is 1. The van der Waals surface area contributed by atoms with Gasteiger partial charge < -0.3 is 25.1 Å². The summed E-state index contributed by atoms with van der Waals surface area (Å²) < 4.78 is 10.8. The zero-order valence-electron chi connectivity index (χ0n) is 16.6. The molecule has 152 valence electrons. The number of benzene rings is 2. The number of carbonyl (C=O) groups excluding carboxylic acids is 2. The van der Waals surface area contributed by atoms with Crippen LogP contribution in [0.25, 0.3) is 16.6 Å². The molecule has 8 nitrogen and oxygen atoms in total. The van der Waals surface area contributed by atoms with Gasteiger partial charge in [0.15, 0.2) is 5.78 Å². The van der Waals surface area contributed by atoms with Crippen molar-refractivity contribution in [3.63, 3.8) is 0 Å². The van der Waals surface area contributed by atoms with Gasteiger partial charge in [0.05, 0.1) is 30.9 Å². The number of anilines is 1. The number of aromatic amines is 1. The number of imidazole rings is 1. The predicted octanol–water partition coefficient (Wildman–Crippen LogP) is 2.40. The first-order valence-corrected chi connectivity index (χ1v) is 9.51. The van der Waals surface area contributed by atoms with Crippen LogP contribution in [-0.4, -0.2) is 41.3 Å². The third-order valence-corrected chi connectivity index (χ3v) is 5.77. The van der Waals surface area contributed by atoms with E-state index in [1.165, 1.54) is 0 Å². The number of methoxy groups -OCH3 is 2. The Balaban J connectivity index is 1.70. The number of para-hydroxylation sites is 2. The first-order valence-electron chi connectivity index (χ1n) is 9.51. The lowest BCUT2D eigenvalue weighted by Gasteiger charge is -2.44. The number of carbonyl (C=O) groups is 2. The van der Waals surface area contributed by atoms with Crippen LogP contribution in [0, 0.1) is 0 Å². The van der Waals surface area contributed by atoms with Crippen LogP contribution in [-0.2, 0) is 9.59 Å². The summed E-state index contributed by atoms with van der Waals surface area (Å²) >= 11 is 0. The van der Waals surface area contributed by atoms with Crippen molar-refractivity contribution in [1.29, 1.82) is 0 Å². The summed E-state index contributed by atoms with van der Waals surface area (Å²) in [5, 5.41) is 0. The molecule has 8 heteroatoms. The van der Waals surface area contributed by atoms with Crippen LogP contribution in [0.3, 0.4) is 0 Å². The first kappa shape index (κ1) is 18.2. The minimum Gasteiger partial charge on any atom is -0.497 e. The van der Waals surface area contributed by atoms with E-state index in [-0.39, 0.29) is 30.2 Å². The van der Waals surface area contributed by atoms with Crippen LogP contribution >= 0.6 is 0 Å². The highest BCUT2D eigenvalue weighted by Crippen LogP contribution is 2.50. The van der Waals surface area contributed by atoms with Gasteiger partial charge in [0.2, 0.25) is 0 Å². The summed E-state index contributed by atoms with van der Waals surface area (Å²) in [6, 6.07) is 12.8. The van der Waals surface area contributed by atoms with Crippen molar-refractivity contribution in [3.8, 4) is 11.5 Å². The van der Waals surface area contributed by atoms with E-state index < -0.39 is 5.54 Å². The number of aromatic nitrogens is 2. The molecule has 1 aliphatic heterocycles. The Bertz CT molecular complexity index is 1180. The van der Waals surface area contributed by atoms with Crippen molar-refractivity contribution in [2.75, 3.05) is 19.1 Å². The minimum absolute atomic E-state index is 0.0156. The van der Waals surface area contributed by atoms with E-state index in [2.05, 4.69) is 9.97 Å².